The highest BCUT2D eigenvalue weighted by molar-refractivity contribution is 7.80. The Morgan fingerprint density at radius 1 is 1.42 bits per heavy atom. The van der Waals surface area contributed by atoms with Crippen LogP contribution in [0.25, 0.3) is 0 Å². The van der Waals surface area contributed by atoms with Crippen LogP contribution in [0.4, 0.5) is 0 Å². The largest absolute Gasteiger partial charge is 0.512 e. The zero-order valence-electron chi connectivity index (χ0n) is 6.92. The molecule has 0 saturated heterocycles. The maximum atomic E-state index is 9.61. The van der Waals surface area contributed by atoms with Gasteiger partial charge in [0, 0.05) is 18.0 Å². The number of hydrogen-bond acceptors (Lipinski definition) is 2. The average Bonchev–Trinajstić information content (AvgIpc) is 2.04. The number of rotatable bonds is 0. The van der Waals surface area contributed by atoms with Gasteiger partial charge in [-0.05, 0) is 12.8 Å². The molecule has 0 aromatic heterocycles. The molecule has 1 heterocycles. The van der Waals surface area contributed by atoms with Crippen LogP contribution in [0.15, 0.2) is 11.8 Å². The Morgan fingerprint density at radius 3 is 3.00 bits per heavy atom. The molecule has 0 unspecified atom stereocenters. The van der Waals surface area contributed by atoms with E-state index in [1.54, 1.807) is 6.08 Å². The summed E-state index contributed by atoms with van der Waals surface area (Å²) in [5, 5.41) is 12.9. The lowest BCUT2D eigenvalue weighted by Crippen LogP contribution is -2.45. The first-order valence-electron chi connectivity index (χ1n) is 4.48. The van der Waals surface area contributed by atoms with E-state index in [0.29, 0.717) is 22.7 Å². The van der Waals surface area contributed by atoms with E-state index in [1.165, 1.54) is 12.8 Å². The molecule has 2 nitrogen and oxygen atoms in total. The molecule has 0 aromatic carbocycles. The van der Waals surface area contributed by atoms with E-state index in [2.05, 4.69) is 5.32 Å². The van der Waals surface area contributed by atoms with Crippen molar-refractivity contribution in [1.29, 1.82) is 0 Å². The lowest BCUT2D eigenvalue weighted by atomic mass is 9.81. The van der Waals surface area contributed by atoms with Crippen molar-refractivity contribution in [2.75, 3.05) is 0 Å². The predicted molar refractivity (Wildman–Crippen MR) is 52.2 cm³/mol. The van der Waals surface area contributed by atoms with Crippen molar-refractivity contribution in [1.82, 2.24) is 5.32 Å². The molecule has 0 radical (unpaired) electrons. The van der Waals surface area contributed by atoms with Crippen molar-refractivity contribution in [3.05, 3.63) is 11.8 Å². The fourth-order valence-corrected chi connectivity index (χ4v) is 2.40. The zero-order valence-corrected chi connectivity index (χ0v) is 7.73. The van der Waals surface area contributed by atoms with E-state index >= 15 is 0 Å². The van der Waals surface area contributed by atoms with Crippen LogP contribution in [0.2, 0.25) is 0 Å². The minimum Gasteiger partial charge on any atom is -0.512 e. The van der Waals surface area contributed by atoms with Gasteiger partial charge in [-0.1, -0.05) is 25.1 Å². The van der Waals surface area contributed by atoms with Gasteiger partial charge in [0.05, 0.1) is 0 Å². The first kappa shape index (κ1) is 8.05. The zero-order chi connectivity index (χ0) is 8.55. The Morgan fingerprint density at radius 2 is 2.17 bits per heavy atom. The number of aliphatic hydroxyl groups is 1. The summed E-state index contributed by atoms with van der Waals surface area (Å²) < 4.78 is 0. The molecule has 2 N–H and O–H groups in total. The van der Waals surface area contributed by atoms with Gasteiger partial charge >= 0.3 is 0 Å². The highest BCUT2D eigenvalue weighted by atomic mass is 32.1. The summed E-state index contributed by atoms with van der Waals surface area (Å²) in [4.78, 5) is 0.690. The number of aliphatic hydroxyl groups excluding tert-OH is 1. The summed E-state index contributed by atoms with van der Waals surface area (Å²) in [6.45, 7) is 0. The van der Waals surface area contributed by atoms with Crippen molar-refractivity contribution in [2.24, 2.45) is 5.92 Å². The topological polar surface area (TPSA) is 32.3 Å². The molecular formula is C9H13NOS. The quantitative estimate of drug-likeness (QED) is 0.563. The van der Waals surface area contributed by atoms with Crippen molar-refractivity contribution in [3.8, 4) is 0 Å². The van der Waals surface area contributed by atoms with E-state index in [1.807, 2.05) is 0 Å². The molecule has 2 rings (SSSR count). The minimum atomic E-state index is 0.324. The molecule has 0 aromatic rings. The number of fused-ring (bicyclic) bond motifs is 1. The van der Waals surface area contributed by atoms with Crippen LogP contribution in [0.3, 0.4) is 0 Å². The van der Waals surface area contributed by atoms with Crippen molar-refractivity contribution >= 4 is 17.2 Å². The molecule has 1 aliphatic heterocycles. The number of hydrogen-bond donors (Lipinski definition) is 2. The molecule has 12 heavy (non-hydrogen) atoms. The van der Waals surface area contributed by atoms with Crippen LogP contribution in [-0.2, 0) is 0 Å². The van der Waals surface area contributed by atoms with Crippen molar-refractivity contribution in [2.45, 2.75) is 31.7 Å². The summed E-state index contributed by atoms with van der Waals surface area (Å²) in [7, 11) is 0. The normalized spacial score (nSPS) is 35.0. The van der Waals surface area contributed by atoms with E-state index in [4.69, 9.17) is 12.2 Å². The summed E-state index contributed by atoms with van der Waals surface area (Å²) in [5.41, 5.74) is 0. The Labute approximate surface area is 77.7 Å². The Kier molecular flexibility index (Phi) is 2.05. The molecule has 1 fully saturated rings. The van der Waals surface area contributed by atoms with Crippen LogP contribution >= 0.6 is 12.2 Å². The third-order valence-electron chi connectivity index (χ3n) is 2.75. The second-order valence-corrected chi connectivity index (χ2v) is 4.02. The molecule has 2 aliphatic rings. The average molecular weight is 183 g/mol. The highest BCUT2D eigenvalue weighted by Crippen LogP contribution is 2.31. The molecule has 0 spiro atoms. The van der Waals surface area contributed by atoms with Crippen LogP contribution < -0.4 is 5.32 Å². The Bertz CT molecular complexity index is 237. The van der Waals surface area contributed by atoms with Crippen LogP contribution in [0.5, 0.6) is 0 Å². The standard InChI is InChI=1S/C9H13NOS/c11-8-5-9(12)10-7-4-2-1-3-6(7)8/h5-7,11H,1-4H2,(H,10,12)/t6-,7+/m1/s1. The molecule has 1 saturated carbocycles. The molecule has 66 valence electrons. The summed E-state index contributed by atoms with van der Waals surface area (Å²) in [6, 6.07) is 0.399. The predicted octanol–water partition coefficient (Wildman–Crippen LogP) is 1.92. The molecular weight excluding hydrogens is 170 g/mol. The third kappa shape index (κ3) is 1.33. The Hall–Kier alpha value is -0.570. The fourth-order valence-electron chi connectivity index (χ4n) is 2.12. The van der Waals surface area contributed by atoms with Gasteiger partial charge in [-0.15, -0.1) is 0 Å². The minimum absolute atomic E-state index is 0.324. The third-order valence-corrected chi connectivity index (χ3v) is 2.99. The van der Waals surface area contributed by atoms with Gasteiger partial charge in [-0.25, -0.2) is 0 Å². The number of nitrogens with one attached hydrogen (secondary N) is 1. The number of thiocarbonyl (C=S) groups is 1. The summed E-state index contributed by atoms with van der Waals surface area (Å²) in [5.74, 6) is 0.814. The van der Waals surface area contributed by atoms with Crippen LogP contribution in [0, 0.1) is 5.92 Å². The van der Waals surface area contributed by atoms with Gasteiger partial charge in [-0.2, -0.15) is 0 Å². The van der Waals surface area contributed by atoms with Crippen molar-refractivity contribution < 1.29 is 5.11 Å². The lowest BCUT2D eigenvalue weighted by molar-refractivity contribution is 0.231. The van der Waals surface area contributed by atoms with E-state index < -0.39 is 0 Å². The molecule has 0 amide bonds. The van der Waals surface area contributed by atoms with Gasteiger partial charge in [0.2, 0.25) is 0 Å². The van der Waals surface area contributed by atoms with E-state index in [9.17, 15) is 5.11 Å². The first-order chi connectivity index (χ1) is 5.77. The maximum absolute atomic E-state index is 9.61. The first-order valence-corrected chi connectivity index (χ1v) is 4.89. The van der Waals surface area contributed by atoms with E-state index in [-0.39, 0.29) is 0 Å². The van der Waals surface area contributed by atoms with Gasteiger partial charge in [0.1, 0.15) is 10.7 Å². The Balaban J connectivity index is 2.19. The molecule has 3 heteroatoms. The van der Waals surface area contributed by atoms with Gasteiger partial charge in [0.15, 0.2) is 0 Å². The fraction of sp³-hybridized carbons (Fsp3) is 0.667. The monoisotopic (exact) mass is 183 g/mol. The summed E-state index contributed by atoms with van der Waals surface area (Å²) in [6.07, 6.45) is 6.41. The second kappa shape index (κ2) is 3.05. The van der Waals surface area contributed by atoms with E-state index in [0.717, 1.165) is 12.8 Å². The SMILES string of the molecule is OC1=CC(=S)N[C@H]2CCCC[C@@H]12. The highest BCUT2D eigenvalue weighted by Gasteiger charge is 2.31. The maximum Gasteiger partial charge on any atom is 0.102 e. The second-order valence-electron chi connectivity index (χ2n) is 3.58. The lowest BCUT2D eigenvalue weighted by Gasteiger charge is -2.35. The molecule has 0 bridgehead atoms. The van der Waals surface area contributed by atoms with Gasteiger partial charge in [-0.3, -0.25) is 0 Å². The summed E-state index contributed by atoms with van der Waals surface area (Å²) >= 11 is 5.00. The van der Waals surface area contributed by atoms with Gasteiger partial charge < -0.3 is 10.4 Å². The smallest absolute Gasteiger partial charge is 0.102 e. The van der Waals surface area contributed by atoms with Crippen LogP contribution in [0.1, 0.15) is 25.7 Å². The molecule has 1 aliphatic carbocycles. The van der Waals surface area contributed by atoms with Crippen molar-refractivity contribution in [3.63, 3.8) is 0 Å². The molecule has 2 atom stereocenters. The van der Waals surface area contributed by atoms with Crippen LogP contribution in [-0.4, -0.2) is 16.1 Å². The van der Waals surface area contributed by atoms with Gasteiger partial charge in [0.25, 0.3) is 0 Å².